The van der Waals surface area contributed by atoms with E-state index in [0.717, 1.165) is 24.2 Å². The van der Waals surface area contributed by atoms with Crippen LogP contribution in [0, 0.1) is 0 Å². The molecule has 23 heavy (non-hydrogen) atoms. The molecule has 2 aromatic rings. The number of hydrogen-bond donors (Lipinski definition) is 2. The molecule has 5 nitrogen and oxygen atoms in total. The maximum atomic E-state index is 11.9. The number of amides is 1. The second kappa shape index (κ2) is 8.58. The number of carbonyl (C=O) groups excluding carboxylic acids is 1. The fraction of sp³-hybridized carbons (Fsp3) is 0.222. The Morgan fingerprint density at radius 2 is 2.04 bits per heavy atom. The summed E-state index contributed by atoms with van der Waals surface area (Å²) in [6.07, 6.45) is 3.66. The lowest BCUT2D eigenvalue weighted by Crippen LogP contribution is -2.17. The summed E-state index contributed by atoms with van der Waals surface area (Å²) in [5, 5.41) is 13.1. The van der Waals surface area contributed by atoms with Crippen LogP contribution in [0.4, 0.5) is 0 Å². The largest absolute Gasteiger partial charge is 0.508 e. The summed E-state index contributed by atoms with van der Waals surface area (Å²) >= 11 is 0. The quantitative estimate of drug-likeness (QED) is 0.468. The Morgan fingerprint density at radius 1 is 1.26 bits per heavy atom. The number of ether oxygens (including phenoxy) is 1. The minimum Gasteiger partial charge on any atom is -0.508 e. The molecule has 0 fully saturated rings. The van der Waals surface area contributed by atoms with Crippen molar-refractivity contribution in [1.82, 2.24) is 5.43 Å². The number of phenols is 1. The highest BCUT2D eigenvalue weighted by Gasteiger charge is 2.03. The smallest absolute Gasteiger partial charge is 0.271 e. The van der Waals surface area contributed by atoms with Crippen molar-refractivity contribution in [3.05, 3.63) is 59.7 Å². The molecule has 2 aromatic carbocycles. The summed E-state index contributed by atoms with van der Waals surface area (Å²) in [6.45, 7) is 2.80. The molecule has 0 aliphatic rings. The second-order valence-corrected chi connectivity index (χ2v) is 5.02. The van der Waals surface area contributed by atoms with Crippen LogP contribution in [0.2, 0.25) is 0 Å². The van der Waals surface area contributed by atoms with Gasteiger partial charge in [-0.25, -0.2) is 5.43 Å². The molecule has 2 rings (SSSR count). The normalized spacial score (nSPS) is 10.7. The zero-order valence-electron chi connectivity index (χ0n) is 13.0. The SMILES string of the molecule is CCCCOc1cccc(/C=N/NC(=O)c2ccc(O)cc2)c1. The van der Waals surface area contributed by atoms with Crippen LogP contribution in [0.3, 0.4) is 0 Å². The van der Waals surface area contributed by atoms with Gasteiger partial charge in [0, 0.05) is 5.56 Å². The number of benzene rings is 2. The van der Waals surface area contributed by atoms with Crippen molar-refractivity contribution in [3.63, 3.8) is 0 Å². The average Bonchev–Trinajstić information content (AvgIpc) is 2.56. The van der Waals surface area contributed by atoms with Crippen molar-refractivity contribution in [2.24, 2.45) is 5.10 Å². The predicted octanol–water partition coefficient (Wildman–Crippen LogP) is 3.34. The number of aromatic hydroxyl groups is 1. The number of nitrogens with one attached hydrogen (secondary N) is 1. The van der Waals surface area contributed by atoms with Crippen molar-refractivity contribution in [2.45, 2.75) is 19.8 Å². The molecule has 2 N–H and O–H groups in total. The van der Waals surface area contributed by atoms with E-state index in [1.165, 1.54) is 24.3 Å². The molecule has 0 aliphatic heterocycles. The van der Waals surface area contributed by atoms with Gasteiger partial charge in [0.2, 0.25) is 0 Å². The monoisotopic (exact) mass is 312 g/mol. The summed E-state index contributed by atoms with van der Waals surface area (Å²) in [6, 6.07) is 13.5. The fourth-order valence-electron chi connectivity index (χ4n) is 1.86. The van der Waals surface area contributed by atoms with Crippen LogP contribution in [-0.4, -0.2) is 23.8 Å². The van der Waals surface area contributed by atoms with Crippen LogP contribution in [0.25, 0.3) is 0 Å². The summed E-state index contributed by atoms with van der Waals surface area (Å²) in [4.78, 5) is 11.9. The van der Waals surface area contributed by atoms with Gasteiger partial charge in [0.1, 0.15) is 11.5 Å². The van der Waals surface area contributed by atoms with Gasteiger partial charge in [0.15, 0.2) is 0 Å². The molecule has 0 saturated heterocycles. The molecule has 120 valence electrons. The Labute approximate surface area is 135 Å². The molecule has 0 spiro atoms. The number of unbranched alkanes of at least 4 members (excludes halogenated alkanes) is 1. The van der Waals surface area contributed by atoms with E-state index >= 15 is 0 Å². The highest BCUT2D eigenvalue weighted by molar-refractivity contribution is 5.95. The van der Waals surface area contributed by atoms with Crippen molar-refractivity contribution in [2.75, 3.05) is 6.61 Å². The molecule has 0 unspecified atom stereocenters. The van der Waals surface area contributed by atoms with E-state index < -0.39 is 0 Å². The van der Waals surface area contributed by atoms with E-state index in [1.54, 1.807) is 6.21 Å². The first-order valence-corrected chi connectivity index (χ1v) is 7.54. The van der Waals surface area contributed by atoms with E-state index in [1.807, 2.05) is 24.3 Å². The van der Waals surface area contributed by atoms with Gasteiger partial charge in [-0.05, 0) is 48.4 Å². The maximum Gasteiger partial charge on any atom is 0.271 e. The molecule has 0 heterocycles. The van der Waals surface area contributed by atoms with Crippen molar-refractivity contribution in [3.8, 4) is 11.5 Å². The van der Waals surface area contributed by atoms with Crippen LogP contribution in [0.1, 0.15) is 35.7 Å². The van der Waals surface area contributed by atoms with E-state index in [9.17, 15) is 9.90 Å². The zero-order valence-corrected chi connectivity index (χ0v) is 13.0. The average molecular weight is 312 g/mol. The highest BCUT2D eigenvalue weighted by Crippen LogP contribution is 2.12. The number of hydrogen-bond acceptors (Lipinski definition) is 4. The van der Waals surface area contributed by atoms with Crippen LogP contribution < -0.4 is 10.2 Å². The molecule has 1 amide bonds. The Bertz CT molecular complexity index is 666. The van der Waals surface area contributed by atoms with E-state index in [2.05, 4.69) is 17.5 Å². The third-order valence-electron chi connectivity index (χ3n) is 3.13. The van der Waals surface area contributed by atoms with Crippen molar-refractivity contribution >= 4 is 12.1 Å². The minimum absolute atomic E-state index is 0.116. The lowest BCUT2D eigenvalue weighted by atomic mass is 10.2. The summed E-state index contributed by atoms with van der Waals surface area (Å²) in [7, 11) is 0. The topological polar surface area (TPSA) is 70.9 Å². The molecule has 0 aromatic heterocycles. The molecule has 0 saturated carbocycles. The Morgan fingerprint density at radius 3 is 2.78 bits per heavy atom. The Hall–Kier alpha value is -2.82. The van der Waals surface area contributed by atoms with Crippen LogP contribution in [0.5, 0.6) is 11.5 Å². The van der Waals surface area contributed by atoms with Crippen LogP contribution >= 0.6 is 0 Å². The standard InChI is InChI=1S/C18H20N2O3/c1-2-3-11-23-17-6-4-5-14(12-17)13-19-20-18(22)15-7-9-16(21)10-8-15/h4-10,12-13,21H,2-3,11H2,1H3,(H,20,22)/b19-13+. The van der Waals surface area contributed by atoms with Crippen molar-refractivity contribution < 1.29 is 14.6 Å². The number of hydrazone groups is 1. The van der Waals surface area contributed by atoms with Gasteiger partial charge in [0.25, 0.3) is 5.91 Å². The molecule has 5 heteroatoms. The number of phenolic OH excluding ortho intramolecular Hbond substituents is 1. The fourth-order valence-corrected chi connectivity index (χ4v) is 1.86. The number of rotatable bonds is 7. The molecule has 0 bridgehead atoms. The molecule has 0 radical (unpaired) electrons. The highest BCUT2D eigenvalue weighted by atomic mass is 16.5. The Kier molecular flexibility index (Phi) is 6.17. The predicted molar refractivity (Wildman–Crippen MR) is 90.0 cm³/mol. The van der Waals surface area contributed by atoms with E-state index in [4.69, 9.17) is 4.74 Å². The van der Waals surface area contributed by atoms with Gasteiger partial charge in [-0.15, -0.1) is 0 Å². The van der Waals surface area contributed by atoms with Gasteiger partial charge in [-0.3, -0.25) is 4.79 Å². The molecular weight excluding hydrogens is 292 g/mol. The first-order valence-electron chi connectivity index (χ1n) is 7.54. The van der Waals surface area contributed by atoms with Gasteiger partial charge in [-0.1, -0.05) is 25.5 Å². The molecule has 0 atom stereocenters. The zero-order chi connectivity index (χ0) is 16.5. The van der Waals surface area contributed by atoms with Gasteiger partial charge < -0.3 is 9.84 Å². The third-order valence-corrected chi connectivity index (χ3v) is 3.13. The van der Waals surface area contributed by atoms with E-state index in [-0.39, 0.29) is 11.7 Å². The lowest BCUT2D eigenvalue weighted by molar-refractivity contribution is 0.0955. The first-order chi connectivity index (χ1) is 11.2. The third kappa shape index (κ3) is 5.47. The Balaban J connectivity index is 1.91. The maximum absolute atomic E-state index is 11.9. The lowest BCUT2D eigenvalue weighted by Gasteiger charge is -2.05. The second-order valence-electron chi connectivity index (χ2n) is 5.02. The minimum atomic E-state index is -0.336. The van der Waals surface area contributed by atoms with Gasteiger partial charge >= 0.3 is 0 Å². The summed E-state index contributed by atoms with van der Waals surface area (Å²) in [5.41, 5.74) is 3.71. The molecular formula is C18H20N2O3. The van der Waals surface area contributed by atoms with Gasteiger partial charge in [-0.2, -0.15) is 5.10 Å². The number of carbonyl (C=O) groups is 1. The summed E-state index contributed by atoms with van der Waals surface area (Å²) in [5.74, 6) is 0.564. The number of nitrogens with zero attached hydrogens (tertiary/aromatic N) is 1. The molecule has 0 aliphatic carbocycles. The van der Waals surface area contributed by atoms with Gasteiger partial charge in [0.05, 0.1) is 12.8 Å². The van der Waals surface area contributed by atoms with Crippen LogP contribution in [-0.2, 0) is 0 Å². The van der Waals surface area contributed by atoms with E-state index in [0.29, 0.717) is 12.2 Å². The first kappa shape index (κ1) is 16.5. The van der Waals surface area contributed by atoms with Crippen LogP contribution in [0.15, 0.2) is 53.6 Å². The summed E-state index contributed by atoms with van der Waals surface area (Å²) < 4.78 is 5.62. The van der Waals surface area contributed by atoms with Crippen molar-refractivity contribution in [1.29, 1.82) is 0 Å².